The zero-order valence-electron chi connectivity index (χ0n) is 75.9. The van der Waals surface area contributed by atoms with E-state index >= 15 is 91.0 Å². The Morgan fingerprint density at radius 3 is 0.576 bits per heavy atom. The van der Waals surface area contributed by atoms with Crippen LogP contribution in [0.25, 0.3) is 120 Å². The second kappa shape index (κ2) is 37.4. The minimum atomic E-state index is -5.47. The number of amides is 8. The summed E-state index contributed by atoms with van der Waals surface area (Å²) in [6.45, 7) is 15.9. The van der Waals surface area contributed by atoms with Gasteiger partial charge in [-0.3, -0.25) is 58.0 Å². The molecule has 12 nitrogen and oxygen atoms in total. The quantitative estimate of drug-likeness (QED) is 0.0121. The van der Waals surface area contributed by atoms with Gasteiger partial charge in [-0.25, -0.2) is 0 Å². The number of imide groups is 4. The predicted molar refractivity (Wildman–Crippen MR) is 495 cm³/mol. The van der Waals surface area contributed by atoms with Gasteiger partial charge in [0.05, 0.1) is 22.3 Å². The molecule has 0 aromatic heterocycles. The molecule has 0 saturated heterocycles. The predicted octanol–water partition coefficient (Wildman–Crippen LogP) is 31.4. The number of carbonyl (C=O) groups is 8. The van der Waals surface area contributed by atoms with Gasteiger partial charge in [-0.15, -0.1) is 0 Å². The SMILES string of the molecule is CCCCCC(CCCCC)N1C(=O)c2ccc3c4c(-c5cc(C(F)(F)F)cc(C(F)(F)F)c5)cc5c6c(cc(-c7cc8c9c(cc(-c%10cc(C(F)(F)F)cc(C(F)(F)F)c%10)c%10c%11ccc%12c%13c(ccc(c7c9%10)c%13%11)C(=O)N(C(CCCCC)CCCCC)C%12=O)C(=O)N(C(CCCCC)CCCCC)C8=O)c(c7ccc(c2c37)C1=O)c64)C(=O)N(C(CCCCC)CCCCC)C5=O. The molecule has 0 fully saturated rings. The minimum Gasteiger partial charge on any atom is -0.271 e. The van der Waals surface area contributed by atoms with Crippen LogP contribution in [0.1, 0.15) is 366 Å². The molecule has 0 radical (unpaired) electrons. The number of alkyl halides is 12. The van der Waals surface area contributed by atoms with Crippen molar-refractivity contribution in [3.8, 4) is 33.4 Å². The van der Waals surface area contributed by atoms with E-state index < -0.39 is 141 Å². The first-order chi connectivity index (χ1) is 63.1. The normalized spacial score (nSPS) is 14.8. The first-order valence-electron chi connectivity index (χ1n) is 47.8. The van der Waals surface area contributed by atoms with E-state index in [2.05, 4.69) is 0 Å². The molecule has 12 aromatic carbocycles. The number of hydrogen-bond acceptors (Lipinski definition) is 8. The van der Waals surface area contributed by atoms with Crippen molar-refractivity contribution in [2.45, 2.75) is 310 Å². The van der Waals surface area contributed by atoms with Crippen molar-refractivity contribution in [2.75, 3.05) is 0 Å². The lowest BCUT2D eigenvalue weighted by molar-refractivity contribution is -0.144. The third kappa shape index (κ3) is 16.5. The Balaban J connectivity index is 1.16. The summed E-state index contributed by atoms with van der Waals surface area (Å²) in [5.41, 5.74) is -10.5. The zero-order valence-corrected chi connectivity index (χ0v) is 75.9. The molecule has 0 aliphatic carbocycles. The van der Waals surface area contributed by atoms with Gasteiger partial charge in [0.15, 0.2) is 0 Å². The molecule has 0 N–H and O–H groups in total. The summed E-state index contributed by atoms with van der Waals surface area (Å²) in [5, 5.41) is -0.370. The van der Waals surface area contributed by atoms with Crippen molar-refractivity contribution in [3.05, 3.63) is 176 Å². The fraction of sp³-hybridized carbons (Fsp3) is 0.444. The van der Waals surface area contributed by atoms with Crippen LogP contribution in [0.3, 0.4) is 0 Å². The molecule has 4 aliphatic rings. The Labute approximate surface area is 759 Å². The lowest BCUT2D eigenvalue weighted by Crippen LogP contribution is -2.47. The van der Waals surface area contributed by atoms with Crippen LogP contribution in [0.4, 0.5) is 52.7 Å². The lowest BCUT2D eigenvalue weighted by atomic mass is 9.74. The molecular formula is C108H110F12N4O8. The summed E-state index contributed by atoms with van der Waals surface area (Å²) in [6.07, 6.45) is -2.93. The first-order valence-corrected chi connectivity index (χ1v) is 47.8. The lowest BCUT2D eigenvalue weighted by Gasteiger charge is -2.37. The van der Waals surface area contributed by atoms with Crippen molar-refractivity contribution in [2.24, 2.45) is 0 Å². The fourth-order valence-corrected chi connectivity index (χ4v) is 22.1. The van der Waals surface area contributed by atoms with E-state index in [1.54, 1.807) is 12.1 Å². The van der Waals surface area contributed by atoms with E-state index in [1.807, 2.05) is 55.4 Å². The number of unbranched alkanes of at least 4 members (excludes halogenated alkanes) is 16. The molecule has 4 heterocycles. The van der Waals surface area contributed by atoms with Crippen LogP contribution < -0.4 is 0 Å². The summed E-state index contributed by atoms with van der Waals surface area (Å²) in [7, 11) is 0. The van der Waals surface area contributed by atoms with E-state index in [0.717, 1.165) is 61.2 Å². The smallest absolute Gasteiger partial charge is 0.271 e. The van der Waals surface area contributed by atoms with Gasteiger partial charge >= 0.3 is 24.7 Å². The molecule has 694 valence electrons. The Morgan fingerprint density at radius 1 is 0.197 bits per heavy atom. The van der Waals surface area contributed by atoms with E-state index in [-0.39, 0.29) is 180 Å². The highest BCUT2D eigenvalue weighted by Crippen LogP contribution is 2.59. The molecular weight excluding hydrogens is 1710 g/mol. The van der Waals surface area contributed by atoms with Crippen molar-refractivity contribution >= 4 is 133 Å². The fourth-order valence-electron chi connectivity index (χ4n) is 22.1. The van der Waals surface area contributed by atoms with Gasteiger partial charge in [-0.2, -0.15) is 52.7 Å². The summed E-state index contributed by atoms with van der Waals surface area (Å²) in [4.78, 5) is 137. The van der Waals surface area contributed by atoms with Crippen LogP contribution in [-0.4, -0.2) is 91.0 Å². The highest BCUT2D eigenvalue weighted by molar-refractivity contribution is 6.49. The molecule has 12 aromatic rings. The second-order valence-corrected chi connectivity index (χ2v) is 37.1. The summed E-state index contributed by atoms with van der Waals surface area (Å²) in [5.74, 6) is -6.46. The van der Waals surface area contributed by atoms with Crippen LogP contribution in [0.2, 0.25) is 0 Å². The molecule has 16 rings (SSSR count). The van der Waals surface area contributed by atoms with Gasteiger partial charge in [0, 0.05) is 101 Å². The number of nitrogens with zero attached hydrogens (tertiary/aromatic N) is 4. The third-order valence-corrected chi connectivity index (χ3v) is 28.5. The van der Waals surface area contributed by atoms with E-state index in [4.69, 9.17) is 0 Å². The van der Waals surface area contributed by atoms with Crippen LogP contribution in [-0.2, 0) is 24.7 Å². The monoisotopic (exact) mass is 1820 g/mol. The zero-order chi connectivity index (χ0) is 94.2. The molecule has 0 spiro atoms. The van der Waals surface area contributed by atoms with Crippen molar-refractivity contribution in [1.82, 2.24) is 19.6 Å². The van der Waals surface area contributed by atoms with Gasteiger partial charge in [-0.1, -0.05) is 234 Å². The number of carbonyl (C=O) groups excluding carboxylic acids is 8. The summed E-state index contributed by atoms with van der Waals surface area (Å²) < 4.78 is 191. The topological polar surface area (TPSA) is 150 Å². The van der Waals surface area contributed by atoms with Crippen molar-refractivity contribution < 1.29 is 91.0 Å². The Bertz CT molecular complexity index is 6080. The van der Waals surface area contributed by atoms with Crippen LogP contribution in [0.5, 0.6) is 0 Å². The highest BCUT2D eigenvalue weighted by atomic mass is 19.4. The van der Waals surface area contributed by atoms with Gasteiger partial charge in [-0.05, 0) is 224 Å². The number of hydrogen-bond donors (Lipinski definition) is 0. The molecule has 132 heavy (non-hydrogen) atoms. The van der Waals surface area contributed by atoms with E-state index in [0.29, 0.717) is 153 Å². The average Bonchev–Trinajstić information content (AvgIpc) is 0.669. The summed E-state index contributed by atoms with van der Waals surface area (Å²) >= 11 is 0. The average molecular weight is 1820 g/mol. The standard InChI is InChI=1S/C108H110F12N4O8/c1-9-17-25-33-65(34-26-18-10-2)121-97(125)73-45-41-69-85-71(43-47-75(91(73)85)99(121)127)89-79(57-83-93-81(101(129)123(103(83)131)67(37-29-21-13-5)38-30-22-14-6)55-77(87(69)95(89)93)59-49-61(105(109,110)111)53-62(50-59)106(112,113)114)80-58-84-94-82(102(130)124(104(84)132)68(39-31-23-15-7)40-32-24-16-8)56-78(60-51-63(107(115,116)117)54-64(52-60)108(118,119)120)88-70-42-46-74-92-76(48-44-72(86(70)92)90(80)96(88)94)100(128)122(98(74)126)66(35-27-19-11-3)36-28-20-12-4/h41-58,65-68H,9-40H2,1-8H3. The van der Waals surface area contributed by atoms with Gasteiger partial charge in [0.25, 0.3) is 47.3 Å². The molecule has 4 aliphatic heterocycles. The molecule has 0 unspecified atom stereocenters. The van der Waals surface area contributed by atoms with Gasteiger partial charge in [0.1, 0.15) is 0 Å². The Hall–Kier alpha value is -11.0. The Morgan fingerprint density at radius 2 is 0.379 bits per heavy atom. The number of halogens is 12. The summed E-state index contributed by atoms with van der Waals surface area (Å²) in [6, 6.07) is 16.7. The third-order valence-electron chi connectivity index (χ3n) is 28.5. The molecule has 24 heteroatoms. The first kappa shape index (κ1) is 94.2. The van der Waals surface area contributed by atoms with Crippen LogP contribution >= 0.6 is 0 Å². The van der Waals surface area contributed by atoms with E-state index in [1.165, 1.54) is 70.5 Å². The highest BCUT2D eigenvalue weighted by Gasteiger charge is 2.49. The number of benzene rings is 12. The minimum absolute atomic E-state index is 0.0110. The second-order valence-electron chi connectivity index (χ2n) is 37.1. The molecule has 0 atom stereocenters. The van der Waals surface area contributed by atoms with Crippen LogP contribution in [0, 0.1) is 0 Å². The maximum absolute atomic E-state index is 17.2. The molecule has 8 amide bonds. The maximum atomic E-state index is 17.2. The maximum Gasteiger partial charge on any atom is 0.416 e. The largest absolute Gasteiger partial charge is 0.416 e. The van der Waals surface area contributed by atoms with E-state index in [9.17, 15) is 0 Å². The molecule has 0 bridgehead atoms. The van der Waals surface area contributed by atoms with Gasteiger partial charge < -0.3 is 0 Å². The van der Waals surface area contributed by atoms with Crippen LogP contribution in [0.15, 0.2) is 109 Å². The number of fused-ring (bicyclic) bond motifs is 4. The number of rotatable bonds is 39. The van der Waals surface area contributed by atoms with Crippen molar-refractivity contribution in [3.63, 3.8) is 0 Å². The molecule has 0 saturated carbocycles. The van der Waals surface area contributed by atoms with Gasteiger partial charge in [0.2, 0.25) is 0 Å². The Kier molecular flexibility index (Phi) is 26.7. The van der Waals surface area contributed by atoms with Crippen molar-refractivity contribution in [1.29, 1.82) is 0 Å².